The maximum atomic E-state index is 12.2. The molecule has 20 heavy (non-hydrogen) atoms. The molecule has 0 amide bonds. The lowest BCUT2D eigenvalue weighted by Gasteiger charge is -2.37. The third kappa shape index (κ3) is 1.74. The summed E-state index contributed by atoms with van der Waals surface area (Å²) in [6, 6.07) is 3.89. The van der Waals surface area contributed by atoms with Crippen LogP contribution in [0.25, 0.3) is 0 Å². The largest absolute Gasteiger partial charge is 0.493 e. The second-order valence-electron chi connectivity index (χ2n) is 5.86. The highest BCUT2D eigenvalue weighted by atomic mass is 16.5. The van der Waals surface area contributed by atoms with Gasteiger partial charge in [0.05, 0.1) is 18.6 Å². The van der Waals surface area contributed by atoms with Crippen LogP contribution in [0.5, 0.6) is 11.5 Å². The first kappa shape index (κ1) is 13.4. The fourth-order valence-corrected chi connectivity index (χ4v) is 3.44. The molecule has 3 unspecified atom stereocenters. The SMILES string of the molecule is CCC(=O)C1Oc2c(OC)ccc3c2C1C(C)(O)CC3. The number of ether oxygens (including phenoxy) is 2. The van der Waals surface area contributed by atoms with E-state index in [4.69, 9.17) is 9.47 Å². The van der Waals surface area contributed by atoms with Crippen molar-refractivity contribution in [3.05, 3.63) is 23.3 Å². The Labute approximate surface area is 118 Å². The Morgan fingerprint density at radius 3 is 2.95 bits per heavy atom. The predicted octanol–water partition coefficient (Wildman–Crippen LogP) is 2.22. The van der Waals surface area contributed by atoms with Gasteiger partial charge >= 0.3 is 0 Å². The summed E-state index contributed by atoms with van der Waals surface area (Å²) < 4.78 is 11.2. The van der Waals surface area contributed by atoms with E-state index >= 15 is 0 Å². The average Bonchev–Trinajstić information content (AvgIpc) is 2.84. The minimum Gasteiger partial charge on any atom is -0.493 e. The monoisotopic (exact) mass is 276 g/mol. The molecule has 1 heterocycles. The van der Waals surface area contributed by atoms with Crippen molar-refractivity contribution in [1.29, 1.82) is 0 Å². The predicted molar refractivity (Wildman–Crippen MR) is 74.4 cm³/mol. The Bertz CT molecular complexity index is 562. The molecule has 0 spiro atoms. The molecule has 0 saturated carbocycles. The van der Waals surface area contributed by atoms with Gasteiger partial charge in [-0.2, -0.15) is 0 Å². The van der Waals surface area contributed by atoms with Crippen molar-refractivity contribution in [2.24, 2.45) is 0 Å². The molecule has 4 nitrogen and oxygen atoms in total. The van der Waals surface area contributed by atoms with Gasteiger partial charge in [-0.05, 0) is 31.4 Å². The molecule has 2 aliphatic rings. The van der Waals surface area contributed by atoms with Crippen molar-refractivity contribution in [2.75, 3.05) is 7.11 Å². The number of hydrogen-bond donors (Lipinski definition) is 1. The van der Waals surface area contributed by atoms with Crippen molar-refractivity contribution in [3.8, 4) is 11.5 Å². The standard InChI is InChI=1S/C16H20O4/c1-4-10(17)14-13-12-9(7-8-16(13,2)18)5-6-11(19-3)15(12)20-14/h5-6,13-14,18H,4,7-8H2,1-3H3. The zero-order valence-electron chi connectivity index (χ0n) is 12.1. The van der Waals surface area contributed by atoms with Gasteiger partial charge in [0, 0.05) is 12.0 Å². The number of benzene rings is 1. The van der Waals surface area contributed by atoms with E-state index in [1.807, 2.05) is 19.1 Å². The molecule has 3 rings (SSSR count). The number of Topliss-reactive ketones (excluding diaryl/α,β-unsaturated/α-hetero) is 1. The number of aliphatic hydroxyl groups is 1. The molecular weight excluding hydrogens is 256 g/mol. The van der Waals surface area contributed by atoms with E-state index in [-0.39, 0.29) is 11.7 Å². The third-order valence-corrected chi connectivity index (χ3v) is 4.57. The van der Waals surface area contributed by atoms with Gasteiger partial charge in [0.1, 0.15) is 0 Å². The summed E-state index contributed by atoms with van der Waals surface area (Å²) in [6.45, 7) is 3.62. The van der Waals surface area contributed by atoms with Crippen molar-refractivity contribution in [1.82, 2.24) is 0 Å². The van der Waals surface area contributed by atoms with Gasteiger partial charge in [-0.25, -0.2) is 0 Å². The molecule has 0 fully saturated rings. The molecule has 1 aromatic rings. The molecule has 0 saturated heterocycles. The van der Waals surface area contributed by atoms with Crippen LogP contribution in [0.15, 0.2) is 12.1 Å². The molecule has 3 atom stereocenters. The highest BCUT2D eigenvalue weighted by Crippen LogP contribution is 2.54. The summed E-state index contributed by atoms with van der Waals surface area (Å²) in [4.78, 5) is 12.2. The topological polar surface area (TPSA) is 55.8 Å². The van der Waals surface area contributed by atoms with Crippen LogP contribution in [0.3, 0.4) is 0 Å². The lowest BCUT2D eigenvalue weighted by Crippen LogP contribution is -2.45. The van der Waals surface area contributed by atoms with E-state index in [2.05, 4.69) is 0 Å². The van der Waals surface area contributed by atoms with Crippen LogP contribution in [0.4, 0.5) is 0 Å². The molecule has 0 radical (unpaired) electrons. The zero-order chi connectivity index (χ0) is 14.5. The quantitative estimate of drug-likeness (QED) is 0.919. The normalized spacial score (nSPS) is 30.6. The summed E-state index contributed by atoms with van der Waals surface area (Å²) >= 11 is 0. The average molecular weight is 276 g/mol. The summed E-state index contributed by atoms with van der Waals surface area (Å²) in [6.07, 6.45) is 1.25. The molecule has 1 aromatic carbocycles. The van der Waals surface area contributed by atoms with E-state index in [0.717, 1.165) is 17.5 Å². The van der Waals surface area contributed by atoms with Gasteiger partial charge in [0.25, 0.3) is 0 Å². The molecule has 0 aromatic heterocycles. The second-order valence-corrected chi connectivity index (χ2v) is 5.86. The fraction of sp³-hybridized carbons (Fsp3) is 0.562. The molecule has 108 valence electrons. The minimum absolute atomic E-state index is 0.0291. The van der Waals surface area contributed by atoms with Crippen LogP contribution < -0.4 is 9.47 Å². The summed E-state index contributed by atoms with van der Waals surface area (Å²) in [5.41, 5.74) is 1.20. The maximum Gasteiger partial charge on any atom is 0.173 e. The first-order chi connectivity index (χ1) is 9.49. The van der Waals surface area contributed by atoms with Crippen molar-refractivity contribution < 1.29 is 19.4 Å². The zero-order valence-corrected chi connectivity index (χ0v) is 12.1. The van der Waals surface area contributed by atoms with Crippen LogP contribution in [0.2, 0.25) is 0 Å². The Kier molecular flexibility index (Phi) is 3.01. The molecule has 0 bridgehead atoms. The number of carbonyl (C=O) groups excluding carboxylic acids is 1. The van der Waals surface area contributed by atoms with E-state index in [9.17, 15) is 9.90 Å². The molecule has 1 aliphatic carbocycles. The Hall–Kier alpha value is -1.55. The Morgan fingerprint density at radius 1 is 1.55 bits per heavy atom. The first-order valence-corrected chi connectivity index (χ1v) is 7.11. The van der Waals surface area contributed by atoms with Crippen molar-refractivity contribution in [3.63, 3.8) is 0 Å². The number of aryl methyl sites for hydroxylation is 1. The first-order valence-electron chi connectivity index (χ1n) is 7.11. The molecular formula is C16H20O4. The van der Waals surface area contributed by atoms with Gasteiger partial charge in [0.15, 0.2) is 23.4 Å². The van der Waals surface area contributed by atoms with Crippen molar-refractivity contribution in [2.45, 2.75) is 50.7 Å². The highest BCUT2D eigenvalue weighted by molar-refractivity contribution is 5.86. The van der Waals surface area contributed by atoms with E-state index in [0.29, 0.717) is 24.3 Å². The van der Waals surface area contributed by atoms with Gasteiger partial charge in [-0.3, -0.25) is 4.79 Å². The highest BCUT2D eigenvalue weighted by Gasteiger charge is 2.52. The smallest absolute Gasteiger partial charge is 0.173 e. The second kappa shape index (κ2) is 4.48. The van der Waals surface area contributed by atoms with Crippen LogP contribution in [0, 0.1) is 0 Å². The Balaban J connectivity index is 2.17. The van der Waals surface area contributed by atoms with Crippen LogP contribution in [0.1, 0.15) is 43.7 Å². The van der Waals surface area contributed by atoms with Crippen molar-refractivity contribution >= 4 is 5.78 Å². The van der Waals surface area contributed by atoms with Crippen LogP contribution in [-0.4, -0.2) is 29.7 Å². The number of carbonyl (C=O) groups is 1. The van der Waals surface area contributed by atoms with Gasteiger partial charge < -0.3 is 14.6 Å². The molecule has 4 heteroatoms. The van der Waals surface area contributed by atoms with Crippen LogP contribution in [-0.2, 0) is 11.2 Å². The summed E-state index contributed by atoms with van der Waals surface area (Å²) in [7, 11) is 1.59. The van der Waals surface area contributed by atoms with Crippen LogP contribution >= 0.6 is 0 Å². The van der Waals surface area contributed by atoms with Gasteiger partial charge in [-0.15, -0.1) is 0 Å². The fourth-order valence-electron chi connectivity index (χ4n) is 3.44. The lowest BCUT2D eigenvalue weighted by molar-refractivity contribution is -0.129. The number of rotatable bonds is 3. The molecule has 1 aliphatic heterocycles. The summed E-state index contributed by atoms with van der Waals surface area (Å²) in [5, 5.41) is 10.7. The number of hydrogen-bond acceptors (Lipinski definition) is 4. The van der Waals surface area contributed by atoms with Gasteiger partial charge in [0.2, 0.25) is 0 Å². The lowest BCUT2D eigenvalue weighted by atomic mass is 9.70. The number of ketones is 1. The van der Waals surface area contributed by atoms with E-state index < -0.39 is 11.7 Å². The number of methoxy groups -OCH3 is 1. The van der Waals surface area contributed by atoms with E-state index in [1.54, 1.807) is 14.0 Å². The maximum absolute atomic E-state index is 12.2. The molecule has 1 N–H and O–H groups in total. The third-order valence-electron chi connectivity index (χ3n) is 4.57. The minimum atomic E-state index is -0.917. The van der Waals surface area contributed by atoms with Gasteiger partial charge in [-0.1, -0.05) is 13.0 Å². The Morgan fingerprint density at radius 2 is 2.30 bits per heavy atom. The summed E-state index contributed by atoms with van der Waals surface area (Å²) in [5.74, 6) is 1.02. The van der Waals surface area contributed by atoms with E-state index in [1.165, 1.54) is 0 Å².